The molecule has 0 unspecified atom stereocenters. The smallest absolute Gasteiger partial charge is 0.348 e. The van der Waals surface area contributed by atoms with Crippen LogP contribution in [-0.4, -0.2) is 59.7 Å². The van der Waals surface area contributed by atoms with E-state index in [0.29, 0.717) is 23.2 Å². The summed E-state index contributed by atoms with van der Waals surface area (Å²) in [4.78, 5) is 24.5. The summed E-state index contributed by atoms with van der Waals surface area (Å²) in [6.07, 6.45) is 1.99. The molecule has 0 spiro atoms. The van der Waals surface area contributed by atoms with Crippen LogP contribution in [0.2, 0.25) is 0 Å². The van der Waals surface area contributed by atoms with E-state index in [1.165, 1.54) is 24.8 Å². The molecule has 0 bridgehead atoms. The highest BCUT2D eigenvalue weighted by Gasteiger charge is 2.23. The van der Waals surface area contributed by atoms with Gasteiger partial charge in [0, 0.05) is 25.4 Å². The highest BCUT2D eigenvalue weighted by atomic mass is 32.2. The molecule has 0 aromatic carbocycles. The summed E-state index contributed by atoms with van der Waals surface area (Å²) in [5.74, 6) is 0.227. The van der Waals surface area contributed by atoms with E-state index in [1.807, 2.05) is 24.6 Å². The van der Waals surface area contributed by atoms with Crippen LogP contribution in [0.25, 0.3) is 11.5 Å². The summed E-state index contributed by atoms with van der Waals surface area (Å²) in [6, 6.07) is 3.25. The second-order valence-electron chi connectivity index (χ2n) is 8.27. The molecule has 3 aromatic rings. The number of aromatic nitrogens is 5. The number of nitrogens with one attached hydrogen (secondary N) is 1. The van der Waals surface area contributed by atoms with Crippen LogP contribution >= 0.6 is 11.8 Å². The number of ether oxygens (including phenoxy) is 1. The van der Waals surface area contributed by atoms with Crippen LogP contribution < -0.4 is 11.1 Å². The molecule has 1 saturated heterocycles. The molecule has 0 radical (unpaired) electrons. The largest absolute Gasteiger partial charge is 0.507 e. The second kappa shape index (κ2) is 10.4. The second-order valence-corrected chi connectivity index (χ2v) is 9.21. The van der Waals surface area contributed by atoms with E-state index in [2.05, 4.69) is 25.8 Å². The lowest BCUT2D eigenvalue weighted by Gasteiger charge is -2.13. The summed E-state index contributed by atoms with van der Waals surface area (Å²) in [7, 11) is 1.86. The van der Waals surface area contributed by atoms with Crippen molar-refractivity contribution in [3.63, 3.8) is 0 Å². The van der Waals surface area contributed by atoms with Gasteiger partial charge in [-0.1, -0.05) is 11.8 Å². The van der Waals surface area contributed by atoms with E-state index >= 15 is 0 Å². The van der Waals surface area contributed by atoms with Gasteiger partial charge in [-0.05, 0) is 39.7 Å². The standard InChI is InChI=1S/C22H27N7O5S/c1-12-8-16(27-28(12)4)20-25-26-22(29(20)10-15-6-5-7-33-15)35-11-18(31)24-23-14(3)19-17(30)9-13(2)34-21(19)32/h8-9,15,30H,5-7,10-11H2,1-4H3,(H,24,31)/b23-14+/t15-/m0/s1. The quantitative estimate of drug-likeness (QED) is 0.267. The maximum atomic E-state index is 12.5. The molecule has 4 heterocycles. The number of rotatable bonds is 8. The number of hydrogen-bond acceptors (Lipinski definition) is 10. The van der Waals surface area contributed by atoms with Crippen molar-refractivity contribution in [3.05, 3.63) is 39.6 Å². The van der Waals surface area contributed by atoms with Crippen LogP contribution in [-0.2, 0) is 23.1 Å². The van der Waals surface area contributed by atoms with Crippen LogP contribution in [0.3, 0.4) is 0 Å². The molecule has 1 fully saturated rings. The molecule has 2 N–H and O–H groups in total. The van der Waals surface area contributed by atoms with Crippen molar-refractivity contribution in [1.82, 2.24) is 30.0 Å². The van der Waals surface area contributed by atoms with Crippen molar-refractivity contribution in [3.8, 4) is 17.3 Å². The van der Waals surface area contributed by atoms with Gasteiger partial charge in [0.25, 0.3) is 5.91 Å². The number of nitrogens with zero attached hydrogens (tertiary/aromatic N) is 6. The topological polar surface area (TPSA) is 150 Å². The molecule has 1 aliphatic rings. The first-order chi connectivity index (χ1) is 16.7. The van der Waals surface area contributed by atoms with Crippen molar-refractivity contribution >= 4 is 23.4 Å². The summed E-state index contributed by atoms with van der Waals surface area (Å²) >= 11 is 1.21. The molecule has 1 atom stereocenters. The third kappa shape index (κ3) is 5.62. The van der Waals surface area contributed by atoms with E-state index in [9.17, 15) is 14.7 Å². The van der Waals surface area contributed by atoms with Gasteiger partial charge in [-0.3, -0.25) is 14.0 Å². The maximum Gasteiger partial charge on any atom is 0.348 e. The average molecular weight is 502 g/mol. The molecule has 1 aliphatic heterocycles. The van der Waals surface area contributed by atoms with Crippen molar-refractivity contribution in [1.29, 1.82) is 0 Å². The normalized spacial score (nSPS) is 16.1. The lowest BCUT2D eigenvalue weighted by Crippen LogP contribution is -2.23. The minimum Gasteiger partial charge on any atom is -0.507 e. The summed E-state index contributed by atoms with van der Waals surface area (Å²) < 4.78 is 14.5. The summed E-state index contributed by atoms with van der Waals surface area (Å²) in [5.41, 5.74) is 3.38. The predicted octanol–water partition coefficient (Wildman–Crippen LogP) is 1.77. The van der Waals surface area contributed by atoms with Crippen molar-refractivity contribution < 1.29 is 19.1 Å². The fourth-order valence-electron chi connectivity index (χ4n) is 3.70. The van der Waals surface area contributed by atoms with Crippen molar-refractivity contribution in [2.24, 2.45) is 12.1 Å². The molecule has 12 nitrogen and oxygen atoms in total. The maximum absolute atomic E-state index is 12.5. The number of hydrazone groups is 1. The van der Waals surface area contributed by atoms with E-state index in [4.69, 9.17) is 9.15 Å². The number of hydrogen-bond donors (Lipinski definition) is 2. The number of carbonyl (C=O) groups is 1. The Morgan fingerprint density at radius 3 is 2.80 bits per heavy atom. The number of aromatic hydroxyl groups is 1. The Morgan fingerprint density at radius 2 is 2.14 bits per heavy atom. The fraction of sp³-hybridized carbons (Fsp3) is 0.455. The lowest BCUT2D eigenvalue weighted by molar-refractivity contribution is -0.118. The summed E-state index contributed by atoms with van der Waals surface area (Å²) in [6.45, 7) is 6.28. The van der Waals surface area contributed by atoms with Gasteiger partial charge in [-0.25, -0.2) is 10.2 Å². The molecule has 1 amide bonds. The first kappa shape index (κ1) is 24.7. The Morgan fingerprint density at radius 1 is 1.34 bits per heavy atom. The van der Waals surface area contributed by atoms with E-state index in [1.54, 1.807) is 11.6 Å². The molecule has 3 aromatic heterocycles. The zero-order valence-electron chi connectivity index (χ0n) is 19.9. The minimum atomic E-state index is -0.730. The van der Waals surface area contributed by atoms with E-state index in [0.717, 1.165) is 25.1 Å². The van der Waals surface area contributed by atoms with Crippen LogP contribution in [0.1, 0.15) is 36.8 Å². The van der Waals surface area contributed by atoms with Gasteiger partial charge < -0.3 is 14.3 Å². The van der Waals surface area contributed by atoms with Gasteiger partial charge >= 0.3 is 5.63 Å². The number of thioether (sulfide) groups is 1. The fourth-order valence-corrected chi connectivity index (χ4v) is 4.45. The van der Waals surface area contributed by atoms with Crippen molar-refractivity contribution in [2.45, 2.75) is 51.4 Å². The predicted molar refractivity (Wildman–Crippen MR) is 128 cm³/mol. The molecule has 0 aliphatic carbocycles. The Labute approximate surface area is 205 Å². The zero-order chi connectivity index (χ0) is 25.1. The number of carbonyl (C=O) groups excluding carboxylic acids is 1. The Balaban J connectivity index is 1.47. The Kier molecular flexibility index (Phi) is 7.36. The minimum absolute atomic E-state index is 0.0101. The molecule has 0 saturated carbocycles. The highest BCUT2D eigenvalue weighted by molar-refractivity contribution is 7.99. The first-order valence-electron chi connectivity index (χ1n) is 11.1. The zero-order valence-corrected chi connectivity index (χ0v) is 20.8. The van der Waals surface area contributed by atoms with Gasteiger partial charge in [-0.2, -0.15) is 10.2 Å². The van der Waals surface area contributed by atoms with Crippen LogP contribution in [0.5, 0.6) is 5.75 Å². The van der Waals surface area contributed by atoms with Crippen LogP contribution in [0.15, 0.2) is 31.6 Å². The average Bonchev–Trinajstić information content (AvgIpc) is 3.52. The third-order valence-corrected chi connectivity index (χ3v) is 6.53. The molecule has 186 valence electrons. The SMILES string of the molecule is C/C(=N\NC(=O)CSc1nnc(-c2cc(C)n(C)n2)n1C[C@@H]1CCCO1)c1c(O)cc(C)oc1=O. The molecular formula is C22H27N7O5S. The molecular weight excluding hydrogens is 474 g/mol. The van der Waals surface area contributed by atoms with Crippen LogP contribution in [0.4, 0.5) is 0 Å². The Bertz CT molecular complexity index is 1300. The van der Waals surface area contributed by atoms with Gasteiger partial charge in [-0.15, -0.1) is 10.2 Å². The lowest BCUT2D eigenvalue weighted by atomic mass is 10.2. The highest BCUT2D eigenvalue weighted by Crippen LogP contribution is 2.26. The van der Waals surface area contributed by atoms with Gasteiger partial charge in [0.1, 0.15) is 22.8 Å². The van der Waals surface area contributed by atoms with Crippen molar-refractivity contribution in [2.75, 3.05) is 12.4 Å². The Hall–Kier alpha value is -3.45. The molecule has 13 heteroatoms. The molecule has 4 rings (SSSR count). The van der Waals surface area contributed by atoms with Gasteiger partial charge in [0.05, 0.1) is 24.1 Å². The van der Waals surface area contributed by atoms with E-state index in [-0.39, 0.29) is 34.6 Å². The van der Waals surface area contributed by atoms with Crippen LogP contribution in [0, 0.1) is 13.8 Å². The van der Waals surface area contributed by atoms with E-state index < -0.39 is 11.5 Å². The first-order valence-corrected chi connectivity index (χ1v) is 12.1. The third-order valence-electron chi connectivity index (χ3n) is 5.57. The summed E-state index contributed by atoms with van der Waals surface area (Å²) in [5, 5.41) is 27.7. The number of amides is 1. The van der Waals surface area contributed by atoms with Gasteiger partial charge in [0.15, 0.2) is 11.0 Å². The molecule has 35 heavy (non-hydrogen) atoms. The number of aryl methyl sites for hydroxylation is 3. The van der Waals surface area contributed by atoms with Gasteiger partial charge in [0.2, 0.25) is 0 Å². The monoisotopic (exact) mass is 501 g/mol.